The van der Waals surface area contributed by atoms with Gasteiger partial charge in [-0.15, -0.1) is 0 Å². The van der Waals surface area contributed by atoms with Crippen LogP contribution in [0, 0.1) is 6.92 Å². The molecule has 0 atom stereocenters. The Morgan fingerprint density at radius 1 is 1.38 bits per heavy atom. The first-order valence-electron chi connectivity index (χ1n) is 5.30. The summed E-state index contributed by atoms with van der Waals surface area (Å²) >= 11 is 0. The average molecular weight is 221 g/mol. The molecule has 1 aromatic carbocycles. The van der Waals surface area contributed by atoms with Crippen LogP contribution in [-0.4, -0.2) is 31.4 Å². The predicted molar refractivity (Wildman–Crippen MR) is 67.4 cm³/mol. The highest BCUT2D eigenvalue weighted by Crippen LogP contribution is 2.15. The van der Waals surface area contributed by atoms with Crippen molar-refractivity contribution in [1.82, 2.24) is 4.90 Å². The Kier molecular flexibility index (Phi) is 4.17. The van der Waals surface area contributed by atoms with Gasteiger partial charge in [-0.1, -0.05) is 0 Å². The highest BCUT2D eigenvalue weighted by molar-refractivity contribution is 5.76. The minimum Gasteiger partial charge on any atom is -0.399 e. The number of nitrogens with one attached hydrogen (secondary N) is 1. The molecule has 0 fully saturated rings. The van der Waals surface area contributed by atoms with Crippen LogP contribution in [0.3, 0.4) is 0 Å². The molecule has 0 aliphatic carbocycles. The van der Waals surface area contributed by atoms with Crippen LogP contribution >= 0.6 is 0 Å². The third-order valence-corrected chi connectivity index (χ3v) is 2.27. The fourth-order valence-corrected chi connectivity index (χ4v) is 1.45. The van der Waals surface area contributed by atoms with Gasteiger partial charge in [0.1, 0.15) is 0 Å². The average Bonchev–Trinajstić information content (AvgIpc) is 2.15. The molecular formula is C12H19N3O. The maximum absolute atomic E-state index is 11.3. The van der Waals surface area contributed by atoms with Crippen LogP contribution in [-0.2, 0) is 4.79 Å². The van der Waals surface area contributed by atoms with Gasteiger partial charge in [0, 0.05) is 38.4 Å². The van der Waals surface area contributed by atoms with E-state index < -0.39 is 0 Å². The molecule has 88 valence electrons. The number of carbonyl (C=O) groups is 1. The lowest BCUT2D eigenvalue weighted by Crippen LogP contribution is -2.23. The normalized spacial score (nSPS) is 9.94. The smallest absolute Gasteiger partial charge is 0.223 e. The van der Waals surface area contributed by atoms with Gasteiger partial charge >= 0.3 is 0 Å². The van der Waals surface area contributed by atoms with Gasteiger partial charge in [0.15, 0.2) is 0 Å². The lowest BCUT2D eigenvalue weighted by molar-refractivity contribution is -0.128. The number of nitrogens with zero attached hydrogens (tertiary/aromatic N) is 1. The van der Waals surface area contributed by atoms with Gasteiger partial charge in [-0.05, 0) is 30.7 Å². The van der Waals surface area contributed by atoms with Crippen molar-refractivity contribution >= 4 is 17.3 Å². The topological polar surface area (TPSA) is 58.4 Å². The fraction of sp³-hybridized carbons (Fsp3) is 0.417. The quantitative estimate of drug-likeness (QED) is 0.757. The van der Waals surface area contributed by atoms with Gasteiger partial charge in [-0.3, -0.25) is 4.79 Å². The molecule has 0 aliphatic rings. The molecule has 1 aromatic rings. The Hall–Kier alpha value is -1.71. The molecule has 0 heterocycles. The Balaban J connectivity index is 2.46. The molecule has 0 aliphatic heterocycles. The van der Waals surface area contributed by atoms with E-state index >= 15 is 0 Å². The summed E-state index contributed by atoms with van der Waals surface area (Å²) in [6.07, 6.45) is 0.487. The summed E-state index contributed by atoms with van der Waals surface area (Å²) in [5, 5.41) is 3.18. The predicted octanol–water partition coefficient (Wildman–Crippen LogP) is 1.47. The van der Waals surface area contributed by atoms with E-state index in [2.05, 4.69) is 5.32 Å². The second kappa shape index (κ2) is 5.39. The summed E-state index contributed by atoms with van der Waals surface area (Å²) in [4.78, 5) is 12.9. The van der Waals surface area contributed by atoms with Crippen LogP contribution in [0.25, 0.3) is 0 Å². The second-order valence-electron chi connectivity index (χ2n) is 4.10. The van der Waals surface area contributed by atoms with Crippen molar-refractivity contribution in [2.75, 3.05) is 31.7 Å². The molecule has 0 radical (unpaired) electrons. The summed E-state index contributed by atoms with van der Waals surface area (Å²) in [6, 6.07) is 5.79. The van der Waals surface area contributed by atoms with Crippen molar-refractivity contribution < 1.29 is 4.79 Å². The molecule has 16 heavy (non-hydrogen) atoms. The fourth-order valence-electron chi connectivity index (χ4n) is 1.45. The van der Waals surface area contributed by atoms with E-state index in [-0.39, 0.29) is 5.91 Å². The van der Waals surface area contributed by atoms with Crippen LogP contribution in [0.2, 0.25) is 0 Å². The minimum absolute atomic E-state index is 0.119. The molecule has 4 nitrogen and oxygen atoms in total. The third kappa shape index (κ3) is 3.81. The van der Waals surface area contributed by atoms with Crippen molar-refractivity contribution in [3.05, 3.63) is 23.8 Å². The van der Waals surface area contributed by atoms with Crippen molar-refractivity contribution in [2.24, 2.45) is 0 Å². The van der Waals surface area contributed by atoms with E-state index in [4.69, 9.17) is 5.73 Å². The first-order valence-corrected chi connectivity index (χ1v) is 5.30. The Morgan fingerprint density at radius 3 is 2.62 bits per heavy atom. The number of benzene rings is 1. The first kappa shape index (κ1) is 12.4. The van der Waals surface area contributed by atoms with Crippen LogP contribution < -0.4 is 11.1 Å². The van der Waals surface area contributed by atoms with Crippen molar-refractivity contribution in [2.45, 2.75) is 13.3 Å². The SMILES string of the molecule is Cc1cc(N)cc(NCCC(=O)N(C)C)c1. The van der Waals surface area contributed by atoms with Crippen molar-refractivity contribution in [1.29, 1.82) is 0 Å². The molecule has 0 bridgehead atoms. The van der Waals surface area contributed by atoms with Crippen molar-refractivity contribution in [3.8, 4) is 0 Å². The molecule has 0 unspecified atom stereocenters. The number of carbonyl (C=O) groups excluding carboxylic acids is 1. The lowest BCUT2D eigenvalue weighted by Gasteiger charge is -2.11. The number of hydrogen-bond donors (Lipinski definition) is 2. The maximum Gasteiger partial charge on any atom is 0.223 e. The van der Waals surface area contributed by atoms with Crippen LogP contribution in [0.4, 0.5) is 11.4 Å². The number of amides is 1. The molecule has 1 amide bonds. The van der Waals surface area contributed by atoms with Crippen molar-refractivity contribution in [3.63, 3.8) is 0 Å². The molecule has 4 heteroatoms. The number of rotatable bonds is 4. The second-order valence-corrected chi connectivity index (χ2v) is 4.10. The lowest BCUT2D eigenvalue weighted by atomic mass is 10.2. The summed E-state index contributed by atoms with van der Waals surface area (Å²) in [6.45, 7) is 2.62. The number of hydrogen-bond acceptors (Lipinski definition) is 3. The van der Waals surface area contributed by atoms with Gasteiger partial charge in [0.25, 0.3) is 0 Å². The third-order valence-electron chi connectivity index (χ3n) is 2.27. The van der Waals surface area contributed by atoms with E-state index in [9.17, 15) is 4.79 Å². The van der Waals surface area contributed by atoms with E-state index in [0.29, 0.717) is 13.0 Å². The minimum atomic E-state index is 0.119. The van der Waals surface area contributed by atoms with Gasteiger partial charge in [0.05, 0.1) is 0 Å². The van der Waals surface area contributed by atoms with Crippen LogP contribution in [0.5, 0.6) is 0 Å². The molecule has 0 saturated carbocycles. The number of nitrogen functional groups attached to an aromatic ring is 1. The summed E-state index contributed by atoms with van der Waals surface area (Å²) in [7, 11) is 3.51. The van der Waals surface area contributed by atoms with Gasteiger partial charge in [0.2, 0.25) is 5.91 Å². The standard InChI is InChI=1S/C12H19N3O/c1-9-6-10(13)8-11(7-9)14-5-4-12(16)15(2)3/h6-8,14H,4-5,13H2,1-3H3. The number of nitrogens with two attached hydrogens (primary N) is 1. The summed E-state index contributed by atoms with van der Waals surface area (Å²) in [5.41, 5.74) is 8.54. The van der Waals surface area contributed by atoms with Crippen LogP contribution in [0.1, 0.15) is 12.0 Å². The largest absolute Gasteiger partial charge is 0.399 e. The van der Waals surface area contributed by atoms with Gasteiger partial charge < -0.3 is 16.0 Å². The van der Waals surface area contributed by atoms with E-state index in [1.807, 2.05) is 25.1 Å². The maximum atomic E-state index is 11.3. The zero-order valence-corrected chi connectivity index (χ0v) is 10.1. The van der Waals surface area contributed by atoms with E-state index in [0.717, 1.165) is 16.9 Å². The van der Waals surface area contributed by atoms with E-state index in [1.165, 1.54) is 0 Å². The highest BCUT2D eigenvalue weighted by atomic mass is 16.2. The van der Waals surface area contributed by atoms with Gasteiger partial charge in [-0.2, -0.15) is 0 Å². The molecule has 0 spiro atoms. The van der Waals surface area contributed by atoms with Crippen LogP contribution in [0.15, 0.2) is 18.2 Å². The summed E-state index contributed by atoms with van der Waals surface area (Å²) < 4.78 is 0. The number of aryl methyl sites for hydroxylation is 1. The summed E-state index contributed by atoms with van der Waals surface area (Å²) in [5.74, 6) is 0.119. The molecular weight excluding hydrogens is 202 g/mol. The molecule has 0 saturated heterocycles. The Labute approximate surface area is 96.4 Å². The molecule has 1 rings (SSSR count). The first-order chi connectivity index (χ1) is 7.49. The number of anilines is 2. The monoisotopic (exact) mass is 221 g/mol. The Bertz CT molecular complexity index is 354. The zero-order valence-electron chi connectivity index (χ0n) is 10.1. The van der Waals surface area contributed by atoms with Gasteiger partial charge in [-0.25, -0.2) is 0 Å². The van der Waals surface area contributed by atoms with E-state index in [1.54, 1.807) is 19.0 Å². The highest BCUT2D eigenvalue weighted by Gasteiger charge is 2.03. The molecule has 3 N–H and O–H groups in total. The zero-order chi connectivity index (χ0) is 12.1. The Morgan fingerprint density at radius 2 is 2.06 bits per heavy atom. The molecule has 0 aromatic heterocycles.